The van der Waals surface area contributed by atoms with E-state index in [4.69, 9.17) is 5.10 Å². The zero-order valence-electron chi connectivity index (χ0n) is 16.7. The van der Waals surface area contributed by atoms with Crippen molar-refractivity contribution in [1.82, 2.24) is 9.78 Å². The third kappa shape index (κ3) is 3.64. The minimum atomic E-state index is -0.0192. The van der Waals surface area contributed by atoms with E-state index in [0.29, 0.717) is 6.42 Å². The highest BCUT2D eigenvalue weighted by atomic mass is 16.1. The maximum atomic E-state index is 12.9. The van der Waals surface area contributed by atoms with Crippen LogP contribution in [0.4, 0.5) is 5.82 Å². The van der Waals surface area contributed by atoms with Gasteiger partial charge in [-0.1, -0.05) is 72.8 Å². The van der Waals surface area contributed by atoms with Crippen LogP contribution in [0.5, 0.6) is 0 Å². The molecule has 1 amide bonds. The van der Waals surface area contributed by atoms with E-state index in [1.807, 2.05) is 65.3 Å². The molecule has 1 heterocycles. The maximum Gasteiger partial charge on any atom is 0.229 e. The first-order valence-electron chi connectivity index (χ1n) is 10.4. The minimum Gasteiger partial charge on any atom is -0.310 e. The third-order valence-electron chi connectivity index (χ3n) is 5.59. The smallest absolute Gasteiger partial charge is 0.229 e. The quantitative estimate of drug-likeness (QED) is 0.506. The van der Waals surface area contributed by atoms with Crippen LogP contribution in [0.3, 0.4) is 0 Å². The number of nitrogens with one attached hydrogen (secondary N) is 1. The molecule has 3 aromatic carbocycles. The van der Waals surface area contributed by atoms with Crippen molar-refractivity contribution in [2.75, 3.05) is 5.32 Å². The van der Waals surface area contributed by atoms with E-state index in [1.54, 1.807) is 0 Å². The van der Waals surface area contributed by atoms with Gasteiger partial charge in [-0.2, -0.15) is 5.10 Å². The van der Waals surface area contributed by atoms with E-state index in [2.05, 4.69) is 29.6 Å². The molecule has 4 nitrogen and oxygen atoms in total. The van der Waals surface area contributed by atoms with Gasteiger partial charge in [0.1, 0.15) is 5.82 Å². The molecule has 148 valence electrons. The van der Waals surface area contributed by atoms with Crippen molar-refractivity contribution in [2.24, 2.45) is 0 Å². The van der Waals surface area contributed by atoms with Crippen LogP contribution in [0.25, 0.3) is 16.8 Å². The van der Waals surface area contributed by atoms with Crippen LogP contribution in [0.15, 0.2) is 84.9 Å². The molecule has 1 N–H and O–H groups in total. The van der Waals surface area contributed by atoms with Crippen LogP contribution in [0.2, 0.25) is 0 Å². The SMILES string of the molecule is O=C(Cc1ccc(-c2ccccc2)cc1)Nc1c2c(nn1-c1ccccc1)CCC2. The van der Waals surface area contributed by atoms with E-state index in [9.17, 15) is 4.79 Å². The molecule has 1 aromatic heterocycles. The predicted octanol–water partition coefficient (Wildman–Crippen LogP) is 5.21. The monoisotopic (exact) mass is 393 g/mol. The molecule has 0 radical (unpaired) electrons. The Morgan fingerprint density at radius 3 is 2.23 bits per heavy atom. The Balaban J connectivity index is 1.35. The number of rotatable bonds is 5. The fraction of sp³-hybridized carbons (Fsp3) is 0.154. The van der Waals surface area contributed by atoms with Crippen LogP contribution in [-0.2, 0) is 24.1 Å². The second-order valence-electron chi connectivity index (χ2n) is 7.66. The second kappa shape index (κ2) is 7.99. The molecule has 0 fully saturated rings. The standard InChI is InChI=1S/C26H23N3O/c30-25(18-19-14-16-21(17-15-19)20-8-3-1-4-9-20)27-26-23-12-7-13-24(23)28-29(26)22-10-5-2-6-11-22/h1-6,8-11,14-17H,7,12-13,18H2,(H,27,30). The Hall–Kier alpha value is -3.66. The van der Waals surface area contributed by atoms with E-state index in [0.717, 1.165) is 47.6 Å². The van der Waals surface area contributed by atoms with Gasteiger partial charge in [-0.15, -0.1) is 0 Å². The van der Waals surface area contributed by atoms with Crippen molar-refractivity contribution in [3.05, 3.63) is 102 Å². The highest BCUT2D eigenvalue weighted by molar-refractivity contribution is 5.92. The molecule has 0 saturated carbocycles. The molecular weight excluding hydrogens is 370 g/mol. The Bertz CT molecular complexity index is 1160. The lowest BCUT2D eigenvalue weighted by molar-refractivity contribution is -0.115. The summed E-state index contributed by atoms with van der Waals surface area (Å²) in [4.78, 5) is 12.9. The fourth-order valence-corrected chi connectivity index (χ4v) is 4.08. The molecule has 0 bridgehead atoms. The number of hydrogen-bond donors (Lipinski definition) is 1. The summed E-state index contributed by atoms with van der Waals surface area (Å²) in [7, 11) is 0. The number of para-hydroxylation sites is 1. The molecule has 4 aromatic rings. The lowest BCUT2D eigenvalue weighted by Crippen LogP contribution is -2.18. The van der Waals surface area contributed by atoms with Crippen LogP contribution in [0.1, 0.15) is 23.2 Å². The number of benzene rings is 3. The number of aromatic nitrogens is 2. The Labute approximate surface area is 176 Å². The molecule has 0 unspecified atom stereocenters. The fourth-order valence-electron chi connectivity index (χ4n) is 4.08. The van der Waals surface area contributed by atoms with Crippen LogP contribution >= 0.6 is 0 Å². The average molecular weight is 393 g/mol. The van der Waals surface area contributed by atoms with Gasteiger partial charge in [0.25, 0.3) is 0 Å². The van der Waals surface area contributed by atoms with Gasteiger partial charge in [0.2, 0.25) is 5.91 Å². The third-order valence-corrected chi connectivity index (χ3v) is 5.59. The summed E-state index contributed by atoms with van der Waals surface area (Å²) in [6, 6.07) is 28.5. The number of hydrogen-bond acceptors (Lipinski definition) is 2. The topological polar surface area (TPSA) is 46.9 Å². The molecule has 30 heavy (non-hydrogen) atoms. The van der Waals surface area contributed by atoms with Gasteiger partial charge in [-0.25, -0.2) is 4.68 Å². The largest absolute Gasteiger partial charge is 0.310 e. The van der Waals surface area contributed by atoms with Crippen molar-refractivity contribution in [1.29, 1.82) is 0 Å². The number of fused-ring (bicyclic) bond motifs is 1. The van der Waals surface area contributed by atoms with Crippen LogP contribution in [-0.4, -0.2) is 15.7 Å². The molecule has 0 saturated heterocycles. The van der Waals surface area contributed by atoms with E-state index in [1.165, 1.54) is 11.1 Å². The molecule has 5 rings (SSSR count). The van der Waals surface area contributed by atoms with Gasteiger partial charge in [-0.3, -0.25) is 4.79 Å². The number of amides is 1. The van der Waals surface area contributed by atoms with Crippen molar-refractivity contribution in [3.63, 3.8) is 0 Å². The van der Waals surface area contributed by atoms with Gasteiger partial charge >= 0.3 is 0 Å². The first-order valence-corrected chi connectivity index (χ1v) is 10.4. The summed E-state index contributed by atoms with van der Waals surface area (Å²) in [5, 5.41) is 7.91. The van der Waals surface area contributed by atoms with Gasteiger partial charge < -0.3 is 5.32 Å². The number of aryl methyl sites for hydroxylation is 1. The zero-order chi connectivity index (χ0) is 20.3. The minimum absolute atomic E-state index is 0.0192. The lowest BCUT2D eigenvalue weighted by atomic mass is 10.0. The number of carbonyl (C=O) groups excluding carboxylic acids is 1. The summed E-state index contributed by atoms with van der Waals surface area (Å²) < 4.78 is 1.88. The summed E-state index contributed by atoms with van der Waals surface area (Å²) in [6.07, 6.45) is 3.36. The maximum absolute atomic E-state index is 12.9. The highest BCUT2D eigenvalue weighted by Gasteiger charge is 2.24. The lowest BCUT2D eigenvalue weighted by Gasteiger charge is -2.11. The Kier molecular flexibility index (Phi) is 4.89. The van der Waals surface area contributed by atoms with Crippen molar-refractivity contribution >= 4 is 11.7 Å². The normalized spacial score (nSPS) is 12.5. The first-order chi connectivity index (χ1) is 14.8. The van der Waals surface area contributed by atoms with Gasteiger partial charge in [0.15, 0.2) is 0 Å². The number of nitrogens with zero attached hydrogens (tertiary/aromatic N) is 2. The molecule has 4 heteroatoms. The summed E-state index contributed by atoms with van der Waals surface area (Å²) in [6.45, 7) is 0. The number of anilines is 1. The van der Waals surface area contributed by atoms with Crippen molar-refractivity contribution < 1.29 is 4.79 Å². The second-order valence-corrected chi connectivity index (χ2v) is 7.66. The molecule has 0 atom stereocenters. The number of carbonyl (C=O) groups is 1. The molecular formula is C26H23N3O. The Morgan fingerprint density at radius 2 is 1.50 bits per heavy atom. The van der Waals surface area contributed by atoms with Crippen molar-refractivity contribution in [3.8, 4) is 16.8 Å². The average Bonchev–Trinajstić information content (AvgIpc) is 3.38. The molecule has 0 aliphatic heterocycles. The first kappa shape index (κ1) is 18.4. The van der Waals surface area contributed by atoms with Gasteiger partial charge in [0.05, 0.1) is 17.8 Å². The summed E-state index contributed by atoms with van der Waals surface area (Å²) in [5.41, 5.74) is 6.56. The molecule has 1 aliphatic rings. The van der Waals surface area contributed by atoms with Crippen LogP contribution in [0, 0.1) is 0 Å². The van der Waals surface area contributed by atoms with E-state index >= 15 is 0 Å². The molecule has 1 aliphatic carbocycles. The van der Waals surface area contributed by atoms with E-state index < -0.39 is 0 Å². The molecule has 0 spiro atoms. The van der Waals surface area contributed by atoms with E-state index in [-0.39, 0.29) is 5.91 Å². The Morgan fingerprint density at radius 1 is 0.833 bits per heavy atom. The highest BCUT2D eigenvalue weighted by Crippen LogP contribution is 2.31. The van der Waals surface area contributed by atoms with Crippen molar-refractivity contribution in [2.45, 2.75) is 25.7 Å². The zero-order valence-corrected chi connectivity index (χ0v) is 16.7. The van der Waals surface area contributed by atoms with Crippen LogP contribution < -0.4 is 5.32 Å². The summed E-state index contributed by atoms with van der Waals surface area (Å²) in [5.74, 6) is 0.800. The van der Waals surface area contributed by atoms with Gasteiger partial charge in [0, 0.05) is 5.56 Å². The predicted molar refractivity (Wildman–Crippen MR) is 120 cm³/mol. The van der Waals surface area contributed by atoms with Gasteiger partial charge in [-0.05, 0) is 48.1 Å². The summed E-state index contributed by atoms with van der Waals surface area (Å²) >= 11 is 0.